The van der Waals surface area contributed by atoms with E-state index in [0.29, 0.717) is 11.4 Å². The highest BCUT2D eigenvalue weighted by Crippen LogP contribution is 2.27. The highest BCUT2D eigenvalue weighted by Gasteiger charge is 2.24. The van der Waals surface area contributed by atoms with E-state index in [-0.39, 0.29) is 44.2 Å². The lowest BCUT2D eigenvalue weighted by molar-refractivity contribution is 0.261. The number of carbonyl (C=O) groups is 2. The molecular weight excluding hydrogens is 961 g/mol. The molecule has 0 aromatic heterocycles. The Morgan fingerprint density at radius 1 is 0.324 bits per heavy atom. The molecule has 0 saturated heterocycles. The van der Waals surface area contributed by atoms with Gasteiger partial charge in [-0.2, -0.15) is 33.7 Å². The molecule has 4 amide bonds. The van der Waals surface area contributed by atoms with Gasteiger partial charge in [-0.25, -0.2) is 9.59 Å². The van der Waals surface area contributed by atoms with Gasteiger partial charge >= 0.3 is 52.5 Å². The van der Waals surface area contributed by atoms with E-state index in [2.05, 4.69) is 21.3 Å². The molecule has 0 aliphatic carbocycles. The molecule has 0 bridgehead atoms. The molecule has 7 rings (SSSR count). The Balaban J connectivity index is 0.885. The molecule has 7 aromatic rings. The number of rotatable bonds is 16. The van der Waals surface area contributed by atoms with E-state index in [0.717, 1.165) is 29.3 Å². The predicted octanol–water partition coefficient (Wildman–Crippen LogP) is 8.66. The molecule has 0 atom stereocenters. The Morgan fingerprint density at radius 3 is 0.779 bits per heavy atom. The first kappa shape index (κ1) is 48.0. The molecule has 0 radical (unpaired) electrons. The Morgan fingerprint density at radius 2 is 0.544 bits per heavy atom. The fourth-order valence-electron chi connectivity index (χ4n) is 5.99. The standard InChI is InChI=1S/C46H38N4O14S4/c1-31-6-3-8-41(28-31)65(53,54)61-37-20-12-33(13-21-37)47-45(51)49-35-16-24-39(25-17-35)63-67(57,58)43-10-5-11-44(30-43)68(59,60)64-40-26-18-36(19-27-40)50-46(52)48-34-14-22-38(23-15-34)62-66(55,56)42-9-4-7-32(2)29-42/h3-30H,1-2H3,(H2,47,49,51)(H2,48,50,52). The van der Waals surface area contributed by atoms with Crippen LogP contribution in [-0.2, 0) is 40.5 Å². The van der Waals surface area contributed by atoms with Crippen LogP contribution in [0.3, 0.4) is 0 Å². The number of urea groups is 2. The maximum Gasteiger partial charge on any atom is 0.339 e. The van der Waals surface area contributed by atoms with E-state index in [4.69, 9.17) is 16.7 Å². The molecule has 0 aliphatic heterocycles. The predicted molar refractivity (Wildman–Crippen MR) is 251 cm³/mol. The van der Waals surface area contributed by atoms with Gasteiger partial charge in [-0.15, -0.1) is 0 Å². The number of amides is 4. The molecule has 0 unspecified atom stereocenters. The SMILES string of the molecule is Cc1cccc(S(=O)(=O)Oc2ccc(NC(=O)Nc3ccc(OS(=O)(=O)c4cccc(S(=O)(=O)Oc5ccc(NC(=O)Nc6ccc(OS(=O)(=O)c7cccc(C)c7)cc6)cc5)c4)cc3)cc2)c1. The Bertz CT molecular complexity index is 3220. The van der Waals surface area contributed by atoms with E-state index < -0.39 is 62.3 Å². The van der Waals surface area contributed by atoms with E-state index in [9.17, 15) is 43.3 Å². The van der Waals surface area contributed by atoms with Crippen molar-refractivity contribution in [3.63, 3.8) is 0 Å². The normalized spacial score (nSPS) is 11.7. The summed E-state index contributed by atoms with van der Waals surface area (Å²) in [6.45, 7) is 3.50. The molecule has 0 aliphatic rings. The highest BCUT2D eigenvalue weighted by atomic mass is 32.2. The topological polar surface area (TPSA) is 256 Å². The third kappa shape index (κ3) is 12.7. The third-order valence-corrected chi connectivity index (χ3v) is 14.2. The van der Waals surface area contributed by atoms with Crippen molar-refractivity contribution in [3.8, 4) is 23.0 Å². The van der Waals surface area contributed by atoms with Crippen molar-refractivity contribution in [2.24, 2.45) is 0 Å². The molecule has 68 heavy (non-hydrogen) atoms. The van der Waals surface area contributed by atoms with Crippen molar-refractivity contribution >= 4 is 75.3 Å². The average Bonchev–Trinajstić information content (AvgIpc) is 3.29. The second kappa shape index (κ2) is 19.9. The minimum atomic E-state index is -4.58. The second-order valence-corrected chi connectivity index (χ2v) is 20.7. The molecule has 4 N–H and O–H groups in total. The quantitative estimate of drug-likeness (QED) is 0.0661. The zero-order valence-electron chi connectivity index (χ0n) is 35.5. The van der Waals surface area contributed by atoms with Gasteiger partial charge in [-0.3, -0.25) is 0 Å². The van der Waals surface area contributed by atoms with Crippen LogP contribution >= 0.6 is 0 Å². The van der Waals surface area contributed by atoms with Crippen molar-refractivity contribution in [3.05, 3.63) is 181 Å². The summed E-state index contributed by atoms with van der Waals surface area (Å²) in [6.07, 6.45) is 0. The number of hydrogen-bond acceptors (Lipinski definition) is 14. The first-order chi connectivity index (χ1) is 32.2. The minimum Gasteiger partial charge on any atom is -0.379 e. The van der Waals surface area contributed by atoms with Crippen LogP contribution in [0.2, 0.25) is 0 Å². The van der Waals surface area contributed by atoms with Crippen molar-refractivity contribution < 1.29 is 60.0 Å². The van der Waals surface area contributed by atoms with Gasteiger partial charge in [0.1, 0.15) is 42.6 Å². The number of hydrogen-bond donors (Lipinski definition) is 4. The first-order valence-electron chi connectivity index (χ1n) is 19.8. The van der Waals surface area contributed by atoms with Crippen LogP contribution < -0.4 is 38.0 Å². The molecular formula is C46H38N4O14S4. The van der Waals surface area contributed by atoms with Gasteiger partial charge in [0.05, 0.1) is 0 Å². The summed E-state index contributed by atoms with van der Waals surface area (Å²) >= 11 is 0. The smallest absolute Gasteiger partial charge is 0.339 e. The summed E-state index contributed by atoms with van der Waals surface area (Å²) in [6, 6.07) is 37.1. The van der Waals surface area contributed by atoms with Crippen LogP contribution in [0.5, 0.6) is 23.0 Å². The van der Waals surface area contributed by atoms with Crippen LogP contribution in [0.4, 0.5) is 32.3 Å². The minimum absolute atomic E-state index is 0.00486. The van der Waals surface area contributed by atoms with E-state index >= 15 is 0 Å². The molecule has 18 nitrogen and oxygen atoms in total. The largest absolute Gasteiger partial charge is 0.379 e. The molecule has 0 heterocycles. The summed E-state index contributed by atoms with van der Waals surface area (Å²) < 4.78 is 124. The van der Waals surface area contributed by atoms with Gasteiger partial charge in [0.25, 0.3) is 0 Å². The molecule has 0 spiro atoms. The fraction of sp³-hybridized carbons (Fsp3) is 0.0435. The lowest BCUT2D eigenvalue weighted by Crippen LogP contribution is -2.19. The molecule has 7 aromatic carbocycles. The van der Waals surface area contributed by atoms with Crippen molar-refractivity contribution in [2.45, 2.75) is 33.4 Å². The monoisotopic (exact) mass is 998 g/mol. The van der Waals surface area contributed by atoms with Gasteiger partial charge < -0.3 is 38.0 Å². The zero-order valence-corrected chi connectivity index (χ0v) is 38.8. The van der Waals surface area contributed by atoms with Crippen molar-refractivity contribution in [2.75, 3.05) is 21.3 Å². The van der Waals surface area contributed by atoms with Crippen molar-refractivity contribution in [1.29, 1.82) is 0 Å². The molecule has 350 valence electrons. The summed E-state index contributed by atoms with van der Waals surface area (Å²) in [5.74, 6) is -0.263. The van der Waals surface area contributed by atoms with E-state index in [1.807, 2.05) is 0 Å². The third-order valence-electron chi connectivity index (χ3n) is 9.21. The number of nitrogens with one attached hydrogen (secondary N) is 4. The number of anilines is 4. The van der Waals surface area contributed by atoms with Crippen molar-refractivity contribution in [1.82, 2.24) is 0 Å². The van der Waals surface area contributed by atoms with Gasteiger partial charge in [-0.05, 0) is 165 Å². The van der Waals surface area contributed by atoms with E-state index in [1.54, 1.807) is 38.1 Å². The van der Waals surface area contributed by atoms with Crippen LogP contribution in [0.25, 0.3) is 0 Å². The van der Waals surface area contributed by atoms with Crippen LogP contribution in [0.15, 0.2) is 189 Å². The van der Waals surface area contributed by atoms with Crippen LogP contribution in [0, 0.1) is 13.8 Å². The van der Waals surface area contributed by atoms with Crippen LogP contribution in [-0.4, -0.2) is 45.7 Å². The van der Waals surface area contributed by atoms with Gasteiger partial charge in [0, 0.05) is 22.7 Å². The van der Waals surface area contributed by atoms with Gasteiger partial charge in [0.2, 0.25) is 0 Å². The Kier molecular flexibility index (Phi) is 14.1. The van der Waals surface area contributed by atoms with Gasteiger partial charge in [0.15, 0.2) is 0 Å². The summed E-state index contributed by atoms with van der Waals surface area (Å²) in [7, 11) is -17.3. The number of benzene rings is 7. The number of aryl methyl sites for hydroxylation is 2. The summed E-state index contributed by atoms with van der Waals surface area (Å²) in [5, 5.41) is 10.3. The lowest BCUT2D eigenvalue weighted by Gasteiger charge is -2.12. The Hall–Kier alpha value is -7.92. The summed E-state index contributed by atoms with van der Waals surface area (Å²) in [4.78, 5) is 24.3. The first-order valence-corrected chi connectivity index (χ1v) is 25.4. The molecule has 22 heteroatoms. The average molecular weight is 999 g/mol. The maximum atomic E-state index is 13.2. The molecule has 0 fully saturated rings. The second-order valence-electron chi connectivity index (χ2n) is 14.5. The number of carbonyl (C=O) groups excluding carboxylic acids is 2. The molecule has 0 saturated carbocycles. The fourth-order valence-corrected chi connectivity index (χ4v) is 10.1. The highest BCUT2D eigenvalue weighted by molar-refractivity contribution is 7.88. The maximum absolute atomic E-state index is 13.2. The van der Waals surface area contributed by atoms with Crippen LogP contribution in [0.1, 0.15) is 11.1 Å². The zero-order chi connectivity index (χ0) is 48.7. The van der Waals surface area contributed by atoms with Gasteiger partial charge in [-0.1, -0.05) is 30.3 Å². The summed E-state index contributed by atoms with van der Waals surface area (Å²) in [5.41, 5.74) is 2.60. The Labute approximate surface area is 392 Å². The lowest BCUT2D eigenvalue weighted by atomic mass is 10.2. The van der Waals surface area contributed by atoms with E-state index in [1.165, 1.54) is 127 Å².